The summed E-state index contributed by atoms with van der Waals surface area (Å²) in [6.07, 6.45) is 3.22. The second-order valence-electron chi connectivity index (χ2n) is 3.72. The third-order valence-corrected chi connectivity index (χ3v) is 2.42. The molecule has 0 saturated carbocycles. The van der Waals surface area contributed by atoms with Crippen molar-refractivity contribution >= 4 is 5.84 Å². The van der Waals surface area contributed by atoms with Crippen molar-refractivity contribution in [3.63, 3.8) is 0 Å². The zero-order valence-electron chi connectivity index (χ0n) is 9.62. The molecule has 0 atom stereocenters. The first-order valence-corrected chi connectivity index (χ1v) is 5.09. The number of rotatable bonds is 2. The minimum absolute atomic E-state index is 0.0370. The molecule has 0 amide bonds. The molecule has 0 aliphatic rings. The summed E-state index contributed by atoms with van der Waals surface area (Å²) in [6, 6.07) is 3.63. The third kappa shape index (κ3) is 1.96. The molecule has 0 bridgehead atoms. The molecule has 2 aromatic heterocycles. The van der Waals surface area contributed by atoms with Gasteiger partial charge in [0.15, 0.2) is 5.84 Å². The van der Waals surface area contributed by atoms with E-state index in [4.69, 9.17) is 10.9 Å². The van der Waals surface area contributed by atoms with Crippen molar-refractivity contribution in [1.29, 1.82) is 0 Å². The lowest BCUT2D eigenvalue weighted by molar-refractivity contribution is 0.318. The van der Waals surface area contributed by atoms with E-state index in [1.165, 1.54) is 0 Å². The lowest BCUT2D eigenvalue weighted by atomic mass is 10.2. The molecule has 0 radical (unpaired) electrons. The van der Waals surface area contributed by atoms with Crippen LogP contribution in [0.5, 0.6) is 0 Å². The molecular formula is C11H13N5O. The number of amidine groups is 1. The summed E-state index contributed by atoms with van der Waals surface area (Å²) in [4.78, 5) is 4.04. The van der Waals surface area contributed by atoms with E-state index < -0.39 is 0 Å². The number of aryl methyl sites for hydroxylation is 2. The SMILES string of the molecule is Cc1cc(C)n(-c2cnccc2/C(N)=N/O)n1. The monoisotopic (exact) mass is 231 g/mol. The second-order valence-corrected chi connectivity index (χ2v) is 3.72. The van der Waals surface area contributed by atoms with Crippen molar-refractivity contribution in [2.75, 3.05) is 0 Å². The fourth-order valence-corrected chi connectivity index (χ4v) is 1.70. The van der Waals surface area contributed by atoms with E-state index in [9.17, 15) is 0 Å². The molecule has 2 heterocycles. The smallest absolute Gasteiger partial charge is 0.172 e. The maximum atomic E-state index is 8.75. The van der Waals surface area contributed by atoms with Gasteiger partial charge in [-0.25, -0.2) is 4.68 Å². The van der Waals surface area contributed by atoms with Crippen LogP contribution in [-0.2, 0) is 0 Å². The molecule has 0 aliphatic heterocycles. The zero-order chi connectivity index (χ0) is 12.4. The molecule has 2 aromatic rings. The molecule has 6 heteroatoms. The summed E-state index contributed by atoms with van der Waals surface area (Å²) >= 11 is 0. The molecule has 17 heavy (non-hydrogen) atoms. The summed E-state index contributed by atoms with van der Waals surface area (Å²) in [5.41, 5.74) is 8.76. The maximum absolute atomic E-state index is 8.75. The van der Waals surface area contributed by atoms with Crippen LogP contribution in [-0.4, -0.2) is 25.8 Å². The predicted octanol–water partition coefficient (Wildman–Crippen LogP) is 0.979. The molecule has 0 spiro atoms. The highest BCUT2D eigenvalue weighted by Crippen LogP contribution is 2.15. The quantitative estimate of drug-likeness (QED) is 0.349. The van der Waals surface area contributed by atoms with Gasteiger partial charge >= 0.3 is 0 Å². The van der Waals surface area contributed by atoms with Crippen molar-refractivity contribution in [2.45, 2.75) is 13.8 Å². The largest absolute Gasteiger partial charge is 0.409 e. The van der Waals surface area contributed by atoms with Crippen molar-refractivity contribution < 1.29 is 5.21 Å². The molecule has 0 saturated heterocycles. The fourth-order valence-electron chi connectivity index (χ4n) is 1.70. The van der Waals surface area contributed by atoms with Gasteiger partial charge in [-0.2, -0.15) is 5.10 Å². The number of hydrogen-bond acceptors (Lipinski definition) is 4. The van der Waals surface area contributed by atoms with Crippen LogP contribution in [0.2, 0.25) is 0 Å². The Kier molecular flexibility index (Phi) is 2.78. The third-order valence-electron chi connectivity index (χ3n) is 2.42. The Hall–Kier alpha value is -2.37. The summed E-state index contributed by atoms with van der Waals surface area (Å²) in [5, 5.41) is 16.1. The number of hydrogen-bond donors (Lipinski definition) is 2. The first-order valence-electron chi connectivity index (χ1n) is 5.09. The van der Waals surface area contributed by atoms with Gasteiger partial charge in [-0.15, -0.1) is 0 Å². The maximum Gasteiger partial charge on any atom is 0.172 e. The molecular weight excluding hydrogens is 218 g/mol. The van der Waals surface area contributed by atoms with E-state index in [1.54, 1.807) is 23.1 Å². The summed E-state index contributed by atoms with van der Waals surface area (Å²) in [5.74, 6) is 0.0370. The topological polar surface area (TPSA) is 89.3 Å². The van der Waals surface area contributed by atoms with E-state index in [0.29, 0.717) is 11.3 Å². The van der Waals surface area contributed by atoms with Crippen LogP contribution in [0.1, 0.15) is 17.0 Å². The van der Waals surface area contributed by atoms with Gasteiger partial charge in [0.2, 0.25) is 0 Å². The van der Waals surface area contributed by atoms with Gasteiger partial charge in [0.05, 0.1) is 17.6 Å². The minimum atomic E-state index is 0.0370. The number of nitrogens with two attached hydrogens (primary N) is 1. The Morgan fingerprint density at radius 1 is 1.47 bits per heavy atom. The summed E-state index contributed by atoms with van der Waals surface area (Å²) < 4.78 is 1.72. The Labute approximate surface area is 98.4 Å². The molecule has 0 aliphatic carbocycles. The van der Waals surface area contributed by atoms with Crippen LogP contribution in [0, 0.1) is 13.8 Å². The molecule has 88 valence electrons. The average Bonchev–Trinajstić information content (AvgIpc) is 2.67. The summed E-state index contributed by atoms with van der Waals surface area (Å²) in [6.45, 7) is 3.84. The van der Waals surface area contributed by atoms with Crippen molar-refractivity contribution in [3.8, 4) is 5.69 Å². The number of aromatic nitrogens is 3. The Bertz CT molecular complexity index is 573. The molecule has 2 rings (SSSR count). The van der Waals surface area contributed by atoms with Crippen LogP contribution in [0.15, 0.2) is 29.7 Å². The van der Waals surface area contributed by atoms with Crippen molar-refractivity contribution in [2.24, 2.45) is 10.9 Å². The van der Waals surface area contributed by atoms with Crippen LogP contribution < -0.4 is 5.73 Å². The van der Waals surface area contributed by atoms with Gasteiger partial charge in [0.1, 0.15) is 0 Å². The molecule has 6 nitrogen and oxygen atoms in total. The van der Waals surface area contributed by atoms with Crippen molar-refractivity contribution in [3.05, 3.63) is 41.5 Å². The van der Waals surface area contributed by atoms with Gasteiger partial charge in [0, 0.05) is 17.5 Å². The zero-order valence-corrected chi connectivity index (χ0v) is 9.62. The lowest BCUT2D eigenvalue weighted by Crippen LogP contribution is -2.17. The fraction of sp³-hybridized carbons (Fsp3) is 0.182. The van der Waals surface area contributed by atoms with Crippen LogP contribution >= 0.6 is 0 Å². The first kappa shape index (κ1) is 11.1. The van der Waals surface area contributed by atoms with E-state index >= 15 is 0 Å². The highest BCUT2D eigenvalue weighted by Gasteiger charge is 2.11. The van der Waals surface area contributed by atoms with Gasteiger partial charge in [-0.1, -0.05) is 5.16 Å². The van der Waals surface area contributed by atoms with E-state index in [0.717, 1.165) is 11.4 Å². The Morgan fingerprint density at radius 3 is 2.82 bits per heavy atom. The van der Waals surface area contributed by atoms with Gasteiger partial charge < -0.3 is 10.9 Å². The molecule has 3 N–H and O–H groups in total. The first-order chi connectivity index (χ1) is 8.13. The molecule has 0 aromatic carbocycles. The average molecular weight is 231 g/mol. The highest BCUT2D eigenvalue weighted by molar-refractivity contribution is 6.00. The Balaban J connectivity index is 2.64. The minimum Gasteiger partial charge on any atom is -0.409 e. The lowest BCUT2D eigenvalue weighted by Gasteiger charge is -2.08. The van der Waals surface area contributed by atoms with Gasteiger partial charge in [-0.05, 0) is 26.0 Å². The van der Waals surface area contributed by atoms with Crippen LogP contribution in [0.3, 0.4) is 0 Å². The number of nitrogens with zero attached hydrogens (tertiary/aromatic N) is 4. The van der Waals surface area contributed by atoms with Gasteiger partial charge in [0.25, 0.3) is 0 Å². The standard InChI is InChI=1S/C11H13N5O/c1-7-5-8(2)16(14-7)10-6-13-4-3-9(10)11(12)15-17/h3-6,17H,1-2H3,(H2,12,15). The predicted molar refractivity (Wildman–Crippen MR) is 63.3 cm³/mol. The van der Waals surface area contributed by atoms with Gasteiger partial charge in [-0.3, -0.25) is 4.98 Å². The van der Waals surface area contributed by atoms with E-state index in [-0.39, 0.29) is 5.84 Å². The highest BCUT2D eigenvalue weighted by atomic mass is 16.4. The van der Waals surface area contributed by atoms with E-state index in [2.05, 4.69) is 15.2 Å². The van der Waals surface area contributed by atoms with Crippen molar-refractivity contribution in [1.82, 2.24) is 14.8 Å². The van der Waals surface area contributed by atoms with Crippen LogP contribution in [0.25, 0.3) is 5.69 Å². The number of oxime groups is 1. The normalized spacial score (nSPS) is 11.8. The van der Waals surface area contributed by atoms with Crippen LogP contribution in [0.4, 0.5) is 0 Å². The second kappa shape index (κ2) is 4.25. The molecule has 0 unspecified atom stereocenters. The van der Waals surface area contributed by atoms with E-state index in [1.807, 2.05) is 19.9 Å². The Morgan fingerprint density at radius 2 is 2.24 bits per heavy atom. The summed E-state index contributed by atoms with van der Waals surface area (Å²) in [7, 11) is 0. The molecule has 0 fully saturated rings. The number of pyridine rings is 1.